The summed E-state index contributed by atoms with van der Waals surface area (Å²) in [4.78, 5) is 22.0. The molecule has 0 saturated heterocycles. The average molecular weight is 290 g/mol. The Kier molecular flexibility index (Phi) is 3.41. The molecule has 0 radical (unpaired) electrons. The zero-order chi connectivity index (χ0) is 9.84. The van der Waals surface area contributed by atoms with E-state index in [1.807, 2.05) is 0 Å². The maximum absolute atomic E-state index is 11.1. The fraction of sp³-hybridized carbons (Fsp3) is 0.111. The quantitative estimate of drug-likeness (QED) is 0.475. The fourth-order valence-corrected chi connectivity index (χ4v) is 1.22. The molecule has 0 saturated carbocycles. The summed E-state index contributed by atoms with van der Waals surface area (Å²) in [7, 11) is 1.31. The smallest absolute Gasteiger partial charge is 0.337 e. The Morgan fingerprint density at radius 2 is 1.92 bits per heavy atom. The molecule has 1 aromatic rings. The van der Waals surface area contributed by atoms with Crippen LogP contribution in [-0.2, 0) is 4.74 Å². The highest BCUT2D eigenvalue weighted by Gasteiger charge is 2.07. The third kappa shape index (κ3) is 2.51. The van der Waals surface area contributed by atoms with Crippen LogP contribution in [-0.4, -0.2) is 16.9 Å². The highest BCUT2D eigenvalue weighted by Crippen LogP contribution is 2.09. The molecule has 13 heavy (non-hydrogen) atoms. The normalized spacial score (nSPS) is 9.38. The molecular formula is C9H7IO3. The van der Waals surface area contributed by atoms with Crippen molar-refractivity contribution in [1.29, 1.82) is 0 Å². The van der Waals surface area contributed by atoms with Crippen molar-refractivity contribution in [1.82, 2.24) is 0 Å². The van der Waals surface area contributed by atoms with Gasteiger partial charge in [-0.3, -0.25) is 4.79 Å². The van der Waals surface area contributed by atoms with Crippen LogP contribution in [0.1, 0.15) is 20.7 Å². The zero-order valence-corrected chi connectivity index (χ0v) is 9.07. The van der Waals surface area contributed by atoms with Crippen molar-refractivity contribution in [2.24, 2.45) is 0 Å². The van der Waals surface area contributed by atoms with Crippen molar-refractivity contribution >= 4 is 32.4 Å². The number of carbonyl (C=O) groups is 2. The number of hydrogen-bond donors (Lipinski definition) is 0. The van der Waals surface area contributed by atoms with E-state index < -0.39 is 5.97 Å². The first kappa shape index (κ1) is 10.2. The number of esters is 1. The van der Waals surface area contributed by atoms with Crippen molar-refractivity contribution in [3.8, 4) is 0 Å². The monoisotopic (exact) mass is 290 g/mol. The van der Waals surface area contributed by atoms with Crippen LogP contribution in [0.2, 0.25) is 0 Å². The topological polar surface area (TPSA) is 43.4 Å². The maximum Gasteiger partial charge on any atom is 0.337 e. The van der Waals surface area contributed by atoms with Gasteiger partial charge in [-0.05, 0) is 12.1 Å². The summed E-state index contributed by atoms with van der Waals surface area (Å²) in [6.07, 6.45) is 0. The molecule has 0 heterocycles. The average Bonchev–Trinajstić information content (AvgIpc) is 2.17. The molecule has 4 heteroatoms. The fourth-order valence-electron chi connectivity index (χ4n) is 0.886. The Labute approximate surface area is 89.2 Å². The van der Waals surface area contributed by atoms with Crippen LogP contribution in [0.4, 0.5) is 0 Å². The van der Waals surface area contributed by atoms with Gasteiger partial charge < -0.3 is 4.74 Å². The third-order valence-corrected chi connectivity index (χ3v) is 2.13. The van der Waals surface area contributed by atoms with Gasteiger partial charge in [-0.15, -0.1) is 0 Å². The van der Waals surface area contributed by atoms with Crippen molar-refractivity contribution in [3.63, 3.8) is 0 Å². The highest BCUT2D eigenvalue weighted by molar-refractivity contribution is 14.1. The van der Waals surface area contributed by atoms with E-state index in [1.54, 1.807) is 40.8 Å². The van der Waals surface area contributed by atoms with Crippen molar-refractivity contribution in [2.45, 2.75) is 0 Å². The number of halogens is 1. The molecule has 0 aliphatic carbocycles. The summed E-state index contributed by atoms with van der Waals surface area (Å²) < 4.78 is 4.42. The Hall–Kier alpha value is -0.910. The number of rotatable bonds is 2. The lowest BCUT2D eigenvalue weighted by Crippen LogP contribution is -2.02. The lowest BCUT2D eigenvalue weighted by atomic mass is 10.1. The predicted molar refractivity (Wildman–Crippen MR) is 56.1 cm³/mol. The summed E-state index contributed by atoms with van der Waals surface area (Å²) in [6.45, 7) is 0. The summed E-state index contributed by atoms with van der Waals surface area (Å²) in [5, 5.41) is 0. The van der Waals surface area contributed by atoms with Crippen molar-refractivity contribution < 1.29 is 14.3 Å². The molecule has 0 N–H and O–H groups in total. The molecule has 0 amide bonds. The third-order valence-electron chi connectivity index (χ3n) is 1.51. The Bertz CT molecular complexity index is 346. The Morgan fingerprint density at radius 3 is 2.46 bits per heavy atom. The second-order valence-electron chi connectivity index (χ2n) is 2.35. The van der Waals surface area contributed by atoms with E-state index in [0.717, 1.165) is 0 Å². The number of ether oxygens (including phenoxy) is 1. The first-order valence-electron chi connectivity index (χ1n) is 3.53. The second-order valence-corrected chi connectivity index (χ2v) is 3.33. The summed E-state index contributed by atoms with van der Waals surface area (Å²) in [5.74, 6) is -0.431. The van der Waals surface area contributed by atoms with E-state index in [9.17, 15) is 9.59 Å². The molecule has 0 spiro atoms. The zero-order valence-electron chi connectivity index (χ0n) is 6.91. The van der Waals surface area contributed by atoms with E-state index in [4.69, 9.17) is 0 Å². The molecule has 0 bridgehead atoms. The van der Waals surface area contributed by atoms with Gasteiger partial charge in [0.15, 0.2) is 0 Å². The standard InChI is InChI=1S/C9H7IO3/c1-13-9(12)7-4-2-3-6(5-7)8(10)11/h2-5H,1H3. The van der Waals surface area contributed by atoms with E-state index in [2.05, 4.69) is 4.74 Å². The molecule has 1 aromatic carbocycles. The molecule has 0 aliphatic heterocycles. The number of hydrogen-bond acceptors (Lipinski definition) is 3. The van der Waals surface area contributed by atoms with E-state index in [1.165, 1.54) is 13.2 Å². The SMILES string of the molecule is COC(=O)c1cccc(C(=O)I)c1. The van der Waals surface area contributed by atoms with Crippen molar-refractivity contribution in [3.05, 3.63) is 35.4 Å². The Morgan fingerprint density at radius 1 is 1.31 bits per heavy atom. The minimum absolute atomic E-state index is 0.0941. The summed E-state index contributed by atoms with van der Waals surface area (Å²) >= 11 is 1.67. The molecule has 1 rings (SSSR count). The summed E-state index contributed by atoms with van der Waals surface area (Å²) in [5.41, 5.74) is 0.897. The molecule has 0 fully saturated rings. The number of benzene rings is 1. The van der Waals surface area contributed by atoms with Gasteiger partial charge >= 0.3 is 5.97 Å². The van der Waals surface area contributed by atoms with Crippen LogP contribution in [0.15, 0.2) is 24.3 Å². The molecule has 68 valence electrons. The van der Waals surface area contributed by atoms with Gasteiger partial charge in [0.05, 0.1) is 12.7 Å². The molecular weight excluding hydrogens is 283 g/mol. The van der Waals surface area contributed by atoms with Gasteiger partial charge in [-0.25, -0.2) is 4.79 Å². The van der Waals surface area contributed by atoms with Crippen LogP contribution in [0, 0.1) is 0 Å². The van der Waals surface area contributed by atoms with Crippen LogP contribution in [0.5, 0.6) is 0 Å². The molecule has 0 aliphatic rings. The van der Waals surface area contributed by atoms with Crippen molar-refractivity contribution in [2.75, 3.05) is 7.11 Å². The first-order chi connectivity index (χ1) is 6.15. The second kappa shape index (κ2) is 4.36. The van der Waals surface area contributed by atoms with Crippen LogP contribution in [0.25, 0.3) is 0 Å². The number of methoxy groups -OCH3 is 1. The summed E-state index contributed by atoms with van der Waals surface area (Å²) in [6, 6.07) is 6.43. The minimum Gasteiger partial charge on any atom is -0.465 e. The van der Waals surface area contributed by atoms with Gasteiger partial charge in [-0.2, -0.15) is 0 Å². The van der Waals surface area contributed by atoms with Crippen LogP contribution >= 0.6 is 22.6 Å². The highest BCUT2D eigenvalue weighted by atomic mass is 127. The van der Waals surface area contributed by atoms with Gasteiger partial charge in [0.2, 0.25) is 3.79 Å². The largest absolute Gasteiger partial charge is 0.465 e. The van der Waals surface area contributed by atoms with Gasteiger partial charge in [0.25, 0.3) is 0 Å². The van der Waals surface area contributed by atoms with Crippen LogP contribution in [0.3, 0.4) is 0 Å². The maximum atomic E-state index is 11.1. The van der Waals surface area contributed by atoms with E-state index in [0.29, 0.717) is 11.1 Å². The Balaban J connectivity index is 3.05. The van der Waals surface area contributed by atoms with Gasteiger partial charge in [-0.1, -0.05) is 12.1 Å². The molecule has 0 unspecified atom stereocenters. The molecule has 0 atom stereocenters. The van der Waals surface area contributed by atoms with Gasteiger partial charge in [0, 0.05) is 28.2 Å². The first-order valence-corrected chi connectivity index (χ1v) is 4.61. The minimum atomic E-state index is -0.431. The number of carbonyl (C=O) groups excluding carboxylic acids is 2. The van der Waals surface area contributed by atoms with Crippen LogP contribution < -0.4 is 0 Å². The molecule has 0 aromatic heterocycles. The predicted octanol–water partition coefficient (Wildman–Crippen LogP) is 2.05. The van der Waals surface area contributed by atoms with E-state index >= 15 is 0 Å². The molecule has 3 nitrogen and oxygen atoms in total. The van der Waals surface area contributed by atoms with Gasteiger partial charge in [0.1, 0.15) is 0 Å². The van der Waals surface area contributed by atoms with E-state index in [-0.39, 0.29) is 3.79 Å². The lowest BCUT2D eigenvalue weighted by molar-refractivity contribution is 0.0600. The lowest BCUT2D eigenvalue weighted by Gasteiger charge is -1.99.